The van der Waals surface area contributed by atoms with E-state index in [9.17, 15) is 0 Å². The third-order valence-electron chi connectivity index (χ3n) is 5.40. The minimum Gasteiger partial charge on any atom is -0.369 e. The zero-order valence-electron chi connectivity index (χ0n) is 14.5. The number of nitrogens with one attached hydrogen (secondary N) is 1. The summed E-state index contributed by atoms with van der Waals surface area (Å²) in [6, 6.07) is 0.526. The molecule has 2 rings (SSSR count). The Morgan fingerprint density at radius 1 is 1.05 bits per heavy atom. The van der Waals surface area contributed by atoms with Crippen LogP contribution in [0.15, 0.2) is 0 Å². The molecule has 2 atom stereocenters. The molecule has 118 valence electrons. The zero-order valence-corrected chi connectivity index (χ0v) is 14.5. The van der Waals surface area contributed by atoms with Crippen molar-refractivity contribution in [3.63, 3.8) is 0 Å². The maximum Gasteiger partial charge on any atom is 0.0811 e. The normalized spacial score (nSPS) is 33.0. The molecule has 20 heavy (non-hydrogen) atoms. The van der Waals surface area contributed by atoms with Gasteiger partial charge in [-0.1, -0.05) is 41.5 Å². The highest BCUT2D eigenvalue weighted by Gasteiger charge is 2.45. The Kier molecular flexibility index (Phi) is 4.86. The summed E-state index contributed by atoms with van der Waals surface area (Å²) in [5.74, 6) is 1.36. The first-order chi connectivity index (χ1) is 9.23. The van der Waals surface area contributed by atoms with Gasteiger partial charge < -0.3 is 10.1 Å². The van der Waals surface area contributed by atoms with E-state index in [4.69, 9.17) is 4.74 Å². The third-order valence-corrected chi connectivity index (χ3v) is 5.40. The molecule has 1 saturated heterocycles. The third kappa shape index (κ3) is 3.76. The van der Waals surface area contributed by atoms with Gasteiger partial charge in [0.05, 0.1) is 11.7 Å². The number of hydrogen-bond donors (Lipinski definition) is 1. The van der Waals surface area contributed by atoms with Crippen molar-refractivity contribution >= 4 is 0 Å². The first-order valence-electron chi connectivity index (χ1n) is 8.64. The standard InChI is InChI=1S/C18H35NO/c1-13(2)11-15-16(14(3)4)19-12-18(20-15)9-7-17(5,6)8-10-18/h13-16,19H,7-12H2,1-6H3. The first kappa shape index (κ1) is 16.3. The van der Waals surface area contributed by atoms with Crippen LogP contribution in [0.3, 0.4) is 0 Å². The van der Waals surface area contributed by atoms with Crippen LogP contribution in [0, 0.1) is 17.3 Å². The van der Waals surface area contributed by atoms with Gasteiger partial charge in [0.1, 0.15) is 0 Å². The second-order valence-electron chi connectivity index (χ2n) is 8.78. The molecular weight excluding hydrogens is 246 g/mol. The molecule has 0 radical (unpaired) electrons. The molecule has 1 aliphatic carbocycles. The predicted molar refractivity (Wildman–Crippen MR) is 85.9 cm³/mol. The van der Waals surface area contributed by atoms with E-state index in [1.165, 1.54) is 32.1 Å². The lowest BCUT2D eigenvalue weighted by Crippen LogP contribution is -2.62. The molecule has 0 amide bonds. The van der Waals surface area contributed by atoms with Crippen molar-refractivity contribution in [2.75, 3.05) is 6.54 Å². The average molecular weight is 281 g/mol. The molecule has 2 heteroatoms. The molecule has 1 spiro atoms. The fraction of sp³-hybridized carbons (Fsp3) is 1.00. The summed E-state index contributed by atoms with van der Waals surface area (Å²) in [6.07, 6.45) is 6.63. The molecule has 2 unspecified atom stereocenters. The van der Waals surface area contributed by atoms with Crippen LogP contribution in [0.5, 0.6) is 0 Å². The van der Waals surface area contributed by atoms with Gasteiger partial charge in [0, 0.05) is 12.6 Å². The summed E-state index contributed by atoms with van der Waals surface area (Å²) < 4.78 is 6.73. The van der Waals surface area contributed by atoms with Gasteiger partial charge in [-0.2, -0.15) is 0 Å². The van der Waals surface area contributed by atoms with E-state index in [2.05, 4.69) is 46.9 Å². The highest BCUT2D eigenvalue weighted by atomic mass is 16.5. The van der Waals surface area contributed by atoms with Crippen molar-refractivity contribution in [3.05, 3.63) is 0 Å². The van der Waals surface area contributed by atoms with Crippen LogP contribution < -0.4 is 5.32 Å². The molecule has 1 heterocycles. The summed E-state index contributed by atoms with van der Waals surface area (Å²) in [4.78, 5) is 0. The Bertz CT molecular complexity index is 311. The second-order valence-corrected chi connectivity index (χ2v) is 8.78. The lowest BCUT2D eigenvalue weighted by atomic mass is 9.70. The molecule has 2 nitrogen and oxygen atoms in total. The maximum absolute atomic E-state index is 6.73. The smallest absolute Gasteiger partial charge is 0.0811 e. The molecule has 2 aliphatic rings. The summed E-state index contributed by atoms with van der Waals surface area (Å²) in [6.45, 7) is 15.1. The number of rotatable bonds is 3. The van der Waals surface area contributed by atoms with E-state index in [0.29, 0.717) is 29.4 Å². The lowest BCUT2D eigenvalue weighted by Gasteiger charge is -2.51. The van der Waals surface area contributed by atoms with Crippen LogP contribution in [-0.2, 0) is 4.74 Å². The van der Waals surface area contributed by atoms with Crippen molar-refractivity contribution in [2.24, 2.45) is 17.3 Å². The van der Waals surface area contributed by atoms with Gasteiger partial charge in [0.2, 0.25) is 0 Å². The van der Waals surface area contributed by atoms with Gasteiger partial charge in [0.15, 0.2) is 0 Å². The highest BCUT2D eigenvalue weighted by molar-refractivity contribution is 4.99. The van der Waals surface area contributed by atoms with Crippen LogP contribution in [0.2, 0.25) is 0 Å². The summed E-state index contributed by atoms with van der Waals surface area (Å²) in [7, 11) is 0. The quantitative estimate of drug-likeness (QED) is 0.828. The van der Waals surface area contributed by atoms with E-state index in [1.54, 1.807) is 0 Å². The Morgan fingerprint density at radius 3 is 2.15 bits per heavy atom. The Labute approximate surface area is 126 Å². The van der Waals surface area contributed by atoms with Gasteiger partial charge in [-0.05, 0) is 49.4 Å². The largest absolute Gasteiger partial charge is 0.369 e. The van der Waals surface area contributed by atoms with Gasteiger partial charge >= 0.3 is 0 Å². The number of hydrogen-bond acceptors (Lipinski definition) is 2. The highest BCUT2D eigenvalue weighted by Crippen LogP contribution is 2.44. The molecular formula is C18H35NO. The van der Waals surface area contributed by atoms with E-state index in [1.807, 2.05) is 0 Å². The summed E-state index contributed by atoms with van der Waals surface area (Å²) in [5, 5.41) is 3.84. The molecule has 1 saturated carbocycles. The van der Waals surface area contributed by atoms with E-state index in [0.717, 1.165) is 6.54 Å². The lowest BCUT2D eigenvalue weighted by molar-refractivity contribution is -0.170. The monoisotopic (exact) mass is 281 g/mol. The van der Waals surface area contributed by atoms with E-state index >= 15 is 0 Å². The average Bonchev–Trinajstić information content (AvgIpc) is 2.33. The fourth-order valence-electron chi connectivity index (χ4n) is 3.87. The van der Waals surface area contributed by atoms with Crippen molar-refractivity contribution in [1.29, 1.82) is 0 Å². The Balaban J connectivity index is 2.04. The van der Waals surface area contributed by atoms with Crippen LogP contribution in [0.1, 0.15) is 73.6 Å². The first-order valence-corrected chi connectivity index (χ1v) is 8.64. The van der Waals surface area contributed by atoms with Crippen molar-refractivity contribution in [2.45, 2.75) is 91.4 Å². The van der Waals surface area contributed by atoms with Crippen LogP contribution in [0.25, 0.3) is 0 Å². The van der Waals surface area contributed by atoms with E-state index < -0.39 is 0 Å². The SMILES string of the molecule is CC(C)CC1OC2(CCC(C)(C)CC2)CNC1C(C)C. The van der Waals surface area contributed by atoms with Gasteiger partial charge in [-0.25, -0.2) is 0 Å². The minimum absolute atomic E-state index is 0.125. The Morgan fingerprint density at radius 2 is 1.65 bits per heavy atom. The maximum atomic E-state index is 6.73. The second kappa shape index (κ2) is 5.96. The molecule has 0 aromatic carbocycles. The van der Waals surface area contributed by atoms with Gasteiger partial charge in [0.25, 0.3) is 0 Å². The predicted octanol–water partition coefficient (Wildman–Crippen LogP) is 4.38. The van der Waals surface area contributed by atoms with Gasteiger partial charge in [-0.15, -0.1) is 0 Å². The van der Waals surface area contributed by atoms with E-state index in [-0.39, 0.29) is 5.60 Å². The van der Waals surface area contributed by atoms with Crippen molar-refractivity contribution < 1.29 is 4.74 Å². The molecule has 1 N–H and O–H groups in total. The molecule has 0 bridgehead atoms. The van der Waals surface area contributed by atoms with Crippen LogP contribution >= 0.6 is 0 Å². The van der Waals surface area contributed by atoms with Crippen molar-refractivity contribution in [3.8, 4) is 0 Å². The zero-order chi connectivity index (χ0) is 15.0. The van der Waals surface area contributed by atoms with Crippen molar-refractivity contribution in [1.82, 2.24) is 5.32 Å². The molecule has 2 fully saturated rings. The summed E-state index contributed by atoms with van der Waals surface area (Å²) >= 11 is 0. The van der Waals surface area contributed by atoms with Gasteiger partial charge in [-0.3, -0.25) is 0 Å². The van der Waals surface area contributed by atoms with Crippen LogP contribution in [-0.4, -0.2) is 24.3 Å². The Hall–Kier alpha value is -0.0800. The minimum atomic E-state index is 0.125. The summed E-state index contributed by atoms with van der Waals surface area (Å²) in [5.41, 5.74) is 0.636. The number of morpholine rings is 1. The molecule has 1 aliphatic heterocycles. The molecule has 0 aromatic heterocycles. The molecule has 0 aromatic rings. The van der Waals surface area contributed by atoms with Crippen LogP contribution in [0.4, 0.5) is 0 Å². The topological polar surface area (TPSA) is 21.3 Å². The fourth-order valence-corrected chi connectivity index (χ4v) is 3.87. The number of ether oxygens (including phenoxy) is 1.